The highest BCUT2D eigenvalue weighted by molar-refractivity contribution is 5.44. The fraction of sp³-hybridized carbons (Fsp3) is 0.571. The topological polar surface area (TPSA) is 39.7 Å². The molecule has 1 fully saturated rings. The SMILES string of the molecule is CC1CCOC(c2ccc3c(c2)OCCO3)CN1. The highest BCUT2D eigenvalue weighted by Gasteiger charge is 2.20. The molecule has 4 nitrogen and oxygen atoms in total. The van der Waals surface area contributed by atoms with Gasteiger partial charge in [-0.1, -0.05) is 6.07 Å². The van der Waals surface area contributed by atoms with Crippen molar-refractivity contribution in [2.24, 2.45) is 0 Å². The predicted octanol–water partition coefficient (Wildman–Crippen LogP) is 1.90. The van der Waals surface area contributed by atoms with E-state index in [2.05, 4.69) is 18.3 Å². The zero-order chi connectivity index (χ0) is 12.4. The van der Waals surface area contributed by atoms with E-state index in [9.17, 15) is 0 Å². The van der Waals surface area contributed by atoms with E-state index in [4.69, 9.17) is 14.2 Å². The summed E-state index contributed by atoms with van der Waals surface area (Å²) in [6.45, 7) is 5.09. The molecule has 98 valence electrons. The predicted molar refractivity (Wildman–Crippen MR) is 68.2 cm³/mol. The first-order valence-corrected chi connectivity index (χ1v) is 6.57. The fourth-order valence-electron chi connectivity index (χ4n) is 2.33. The molecule has 0 amide bonds. The number of rotatable bonds is 1. The maximum Gasteiger partial charge on any atom is 0.161 e. The Morgan fingerprint density at radius 1 is 1.11 bits per heavy atom. The van der Waals surface area contributed by atoms with Gasteiger partial charge in [0.2, 0.25) is 0 Å². The summed E-state index contributed by atoms with van der Waals surface area (Å²) in [4.78, 5) is 0. The lowest BCUT2D eigenvalue weighted by atomic mass is 10.1. The van der Waals surface area contributed by atoms with E-state index in [0.717, 1.165) is 36.6 Å². The molecule has 0 spiro atoms. The molecule has 2 aliphatic rings. The lowest BCUT2D eigenvalue weighted by Crippen LogP contribution is -2.27. The molecule has 1 aromatic rings. The van der Waals surface area contributed by atoms with Gasteiger partial charge in [-0.15, -0.1) is 0 Å². The monoisotopic (exact) mass is 249 g/mol. The second-order valence-corrected chi connectivity index (χ2v) is 4.86. The average Bonchev–Trinajstić information content (AvgIpc) is 2.63. The average molecular weight is 249 g/mol. The minimum atomic E-state index is 0.103. The summed E-state index contributed by atoms with van der Waals surface area (Å²) in [6.07, 6.45) is 1.16. The highest BCUT2D eigenvalue weighted by atomic mass is 16.6. The van der Waals surface area contributed by atoms with Crippen molar-refractivity contribution in [1.29, 1.82) is 0 Å². The third-order valence-electron chi connectivity index (χ3n) is 3.46. The van der Waals surface area contributed by atoms with Gasteiger partial charge in [0.15, 0.2) is 11.5 Å². The highest BCUT2D eigenvalue weighted by Crippen LogP contribution is 2.33. The van der Waals surface area contributed by atoms with E-state index < -0.39 is 0 Å². The van der Waals surface area contributed by atoms with Gasteiger partial charge in [0.1, 0.15) is 13.2 Å². The van der Waals surface area contributed by atoms with Crippen molar-refractivity contribution in [3.63, 3.8) is 0 Å². The minimum Gasteiger partial charge on any atom is -0.486 e. The van der Waals surface area contributed by atoms with Crippen LogP contribution in [-0.4, -0.2) is 32.4 Å². The van der Waals surface area contributed by atoms with E-state index in [0.29, 0.717) is 19.3 Å². The normalized spacial score (nSPS) is 27.6. The maximum absolute atomic E-state index is 5.89. The van der Waals surface area contributed by atoms with E-state index >= 15 is 0 Å². The molecule has 0 aromatic heterocycles. The van der Waals surface area contributed by atoms with Gasteiger partial charge in [0.05, 0.1) is 6.10 Å². The first kappa shape index (κ1) is 11.8. The number of benzene rings is 1. The van der Waals surface area contributed by atoms with Crippen LogP contribution in [0.1, 0.15) is 25.0 Å². The Bertz CT molecular complexity index is 422. The summed E-state index contributed by atoms with van der Waals surface area (Å²) >= 11 is 0. The van der Waals surface area contributed by atoms with Crippen molar-refractivity contribution in [2.75, 3.05) is 26.4 Å². The van der Waals surface area contributed by atoms with Crippen molar-refractivity contribution in [1.82, 2.24) is 5.32 Å². The van der Waals surface area contributed by atoms with E-state index in [-0.39, 0.29) is 6.10 Å². The van der Waals surface area contributed by atoms with Gasteiger partial charge >= 0.3 is 0 Å². The minimum absolute atomic E-state index is 0.103. The molecule has 2 atom stereocenters. The Kier molecular flexibility index (Phi) is 3.39. The summed E-state index contributed by atoms with van der Waals surface area (Å²) in [5.74, 6) is 1.67. The summed E-state index contributed by atoms with van der Waals surface area (Å²) < 4.78 is 17.0. The Morgan fingerprint density at radius 2 is 1.94 bits per heavy atom. The van der Waals surface area contributed by atoms with Gasteiger partial charge in [0, 0.05) is 19.2 Å². The number of hydrogen-bond donors (Lipinski definition) is 1. The molecule has 18 heavy (non-hydrogen) atoms. The Labute approximate surface area is 107 Å². The van der Waals surface area contributed by atoms with Gasteiger partial charge < -0.3 is 19.5 Å². The van der Waals surface area contributed by atoms with Gasteiger partial charge in [-0.05, 0) is 31.0 Å². The lowest BCUT2D eigenvalue weighted by Gasteiger charge is -2.21. The first-order valence-electron chi connectivity index (χ1n) is 6.57. The lowest BCUT2D eigenvalue weighted by molar-refractivity contribution is 0.0659. The van der Waals surface area contributed by atoms with Crippen molar-refractivity contribution >= 4 is 0 Å². The quantitative estimate of drug-likeness (QED) is 0.825. The summed E-state index contributed by atoms with van der Waals surface area (Å²) in [6, 6.07) is 6.60. The molecule has 1 N–H and O–H groups in total. The number of ether oxygens (including phenoxy) is 3. The zero-order valence-electron chi connectivity index (χ0n) is 10.6. The second kappa shape index (κ2) is 5.16. The van der Waals surface area contributed by atoms with Gasteiger partial charge in [0.25, 0.3) is 0 Å². The van der Waals surface area contributed by atoms with E-state index in [1.807, 2.05) is 12.1 Å². The Hall–Kier alpha value is -1.26. The fourth-order valence-corrected chi connectivity index (χ4v) is 2.33. The van der Waals surface area contributed by atoms with Gasteiger partial charge in [-0.3, -0.25) is 0 Å². The molecule has 2 unspecified atom stereocenters. The van der Waals surface area contributed by atoms with Crippen LogP contribution in [0.3, 0.4) is 0 Å². The molecular formula is C14H19NO3. The molecule has 0 bridgehead atoms. The molecule has 3 rings (SSSR count). The molecule has 2 aliphatic heterocycles. The third-order valence-corrected chi connectivity index (χ3v) is 3.46. The second-order valence-electron chi connectivity index (χ2n) is 4.86. The van der Waals surface area contributed by atoms with Crippen LogP contribution >= 0.6 is 0 Å². The largest absolute Gasteiger partial charge is 0.486 e. The molecule has 0 radical (unpaired) electrons. The van der Waals surface area contributed by atoms with E-state index in [1.54, 1.807) is 0 Å². The van der Waals surface area contributed by atoms with Crippen LogP contribution in [0.2, 0.25) is 0 Å². The van der Waals surface area contributed by atoms with Crippen molar-refractivity contribution in [3.8, 4) is 11.5 Å². The maximum atomic E-state index is 5.89. The molecular weight excluding hydrogens is 230 g/mol. The third kappa shape index (κ3) is 2.44. The Morgan fingerprint density at radius 3 is 2.83 bits per heavy atom. The summed E-state index contributed by atoms with van der Waals surface area (Å²) in [5.41, 5.74) is 1.15. The van der Waals surface area contributed by atoms with Crippen LogP contribution in [0, 0.1) is 0 Å². The Balaban J connectivity index is 1.79. The molecule has 0 aliphatic carbocycles. The summed E-state index contributed by atoms with van der Waals surface area (Å²) in [5, 5.41) is 3.48. The molecule has 4 heteroatoms. The van der Waals surface area contributed by atoms with Crippen LogP contribution in [0.25, 0.3) is 0 Å². The standard InChI is InChI=1S/C14H19NO3/c1-10-4-5-16-14(9-15-10)11-2-3-12-13(8-11)18-7-6-17-12/h2-3,8,10,14-15H,4-7,9H2,1H3. The van der Waals surface area contributed by atoms with E-state index in [1.165, 1.54) is 0 Å². The van der Waals surface area contributed by atoms with Gasteiger partial charge in [-0.25, -0.2) is 0 Å². The van der Waals surface area contributed by atoms with Crippen molar-refractivity contribution in [3.05, 3.63) is 23.8 Å². The number of nitrogens with one attached hydrogen (secondary N) is 1. The number of hydrogen-bond acceptors (Lipinski definition) is 4. The van der Waals surface area contributed by atoms with Crippen molar-refractivity contribution < 1.29 is 14.2 Å². The molecule has 1 aromatic carbocycles. The molecule has 2 heterocycles. The van der Waals surface area contributed by atoms with Crippen molar-refractivity contribution in [2.45, 2.75) is 25.5 Å². The number of fused-ring (bicyclic) bond motifs is 1. The molecule has 1 saturated heterocycles. The first-order chi connectivity index (χ1) is 8.83. The van der Waals surface area contributed by atoms with Gasteiger partial charge in [-0.2, -0.15) is 0 Å². The van der Waals surface area contributed by atoms with Crippen LogP contribution in [-0.2, 0) is 4.74 Å². The molecule has 0 saturated carbocycles. The van der Waals surface area contributed by atoms with Crippen LogP contribution in [0.15, 0.2) is 18.2 Å². The zero-order valence-corrected chi connectivity index (χ0v) is 10.6. The smallest absolute Gasteiger partial charge is 0.161 e. The summed E-state index contributed by atoms with van der Waals surface area (Å²) in [7, 11) is 0. The van der Waals surface area contributed by atoms with Crippen LogP contribution in [0.4, 0.5) is 0 Å². The van der Waals surface area contributed by atoms with Crippen LogP contribution in [0.5, 0.6) is 11.5 Å². The van der Waals surface area contributed by atoms with Crippen LogP contribution < -0.4 is 14.8 Å².